The number of amides is 4. The van der Waals surface area contributed by atoms with Gasteiger partial charge in [-0.3, -0.25) is 29.1 Å². The smallest absolute Gasteiger partial charge is 0.328 e. The first-order valence-electron chi connectivity index (χ1n) is 20.5. The second kappa shape index (κ2) is 23.3. The number of aromatic nitrogens is 1. The van der Waals surface area contributed by atoms with Crippen LogP contribution in [0.5, 0.6) is 0 Å². The molecule has 3 rings (SSSR count). The number of likely N-dealkylation sites (N-methyl/N-ethyl adjacent to an activating group) is 2. The summed E-state index contributed by atoms with van der Waals surface area (Å²) in [5, 5.41) is 5.83. The molecular weight excluding hydrogens is 741 g/mol. The highest BCUT2D eigenvalue weighted by Gasteiger charge is 2.43. The molecule has 9 atom stereocenters. The van der Waals surface area contributed by atoms with Gasteiger partial charge in [0, 0.05) is 53.2 Å². The molecule has 4 amide bonds. The predicted octanol–water partition coefficient (Wildman–Crippen LogP) is 3.86. The van der Waals surface area contributed by atoms with Gasteiger partial charge in [0.1, 0.15) is 12.1 Å². The van der Waals surface area contributed by atoms with E-state index >= 15 is 0 Å². The van der Waals surface area contributed by atoms with Gasteiger partial charge in [0.2, 0.25) is 23.6 Å². The fraction of sp³-hybridized carbons (Fsp3) is 0.636. The van der Waals surface area contributed by atoms with Gasteiger partial charge < -0.3 is 34.6 Å². The van der Waals surface area contributed by atoms with E-state index in [9.17, 15) is 24.0 Å². The third-order valence-electron chi connectivity index (χ3n) is 11.6. The van der Waals surface area contributed by atoms with Crippen LogP contribution in [-0.4, -0.2) is 134 Å². The number of benzene rings is 1. The van der Waals surface area contributed by atoms with E-state index in [4.69, 9.17) is 14.2 Å². The maximum atomic E-state index is 14.2. The molecule has 0 radical (unpaired) electrons. The van der Waals surface area contributed by atoms with E-state index in [0.717, 1.165) is 17.5 Å². The van der Waals surface area contributed by atoms with Crippen molar-refractivity contribution >= 4 is 29.6 Å². The lowest BCUT2D eigenvalue weighted by Crippen LogP contribution is -2.58. The molecule has 0 spiro atoms. The number of nitrogens with one attached hydrogen (secondary N) is 2. The molecular formula is C44H68N6O8. The van der Waals surface area contributed by atoms with Gasteiger partial charge in [-0.1, -0.05) is 71.4 Å². The van der Waals surface area contributed by atoms with Gasteiger partial charge in [-0.2, -0.15) is 0 Å². The fourth-order valence-corrected chi connectivity index (χ4v) is 8.35. The molecule has 2 heterocycles. The number of nitrogens with zero attached hydrogens (tertiary/aromatic N) is 4. The molecule has 1 fully saturated rings. The zero-order valence-corrected chi connectivity index (χ0v) is 36.5. The number of ether oxygens (including phenoxy) is 3. The Hall–Kier alpha value is -4.40. The van der Waals surface area contributed by atoms with E-state index in [1.165, 1.54) is 14.2 Å². The van der Waals surface area contributed by atoms with Crippen LogP contribution in [-0.2, 0) is 51.1 Å². The highest BCUT2D eigenvalue weighted by Crippen LogP contribution is 2.29. The van der Waals surface area contributed by atoms with Crippen molar-refractivity contribution in [2.24, 2.45) is 17.8 Å². The first-order valence-corrected chi connectivity index (χ1v) is 20.5. The van der Waals surface area contributed by atoms with Gasteiger partial charge in [0.05, 0.1) is 49.8 Å². The summed E-state index contributed by atoms with van der Waals surface area (Å²) in [6, 6.07) is 10.1. The molecule has 1 saturated heterocycles. The molecule has 1 aliphatic rings. The van der Waals surface area contributed by atoms with Crippen LogP contribution in [0.4, 0.5) is 0 Å². The maximum Gasteiger partial charge on any atom is 0.328 e. The van der Waals surface area contributed by atoms with Crippen LogP contribution in [0, 0.1) is 17.8 Å². The summed E-state index contributed by atoms with van der Waals surface area (Å²) in [4.78, 5) is 77.8. The second-order valence-electron chi connectivity index (χ2n) is 16.1. The van der Waals surface area contributed by atoms with Crippen LogP contribution in [0.2, 0.25) is 0 Å². The molecule has 1 aromatic carbocycles. The molecule has 2 aromatic rings. The van der Waals surface area contributed by atoms with Crippen molar-refractivity contribution in [1.82, 2.24) is 30.3 Å². The Morgan fingerprint density at radius 3 is 2.10 bits per heavy atom. The van der Waals surface area contributed by atoms with Gasteiger partial charge in [0.25, 0.3) is 0 Å². The summed E-state index contributed by atoms with van der Waals surface area (Å²) < 4.78 is 16.9. The summed E-state index contributed by atoms with van der Waals surface area (Å²) in [6.07, 6.45) is 4.46. The van der Waals surface area contributed by atoms with Crippen LogP contribution >= 0.6 is 0 Å². The quantitative estimate of drug-likeness (QED) is 0.167. The van der Waals surface area contributed by atoms with Crippen LogP contribution in [0.25, 0.3) is 0 Å². The van der Waals surface area contributed by atoms with E-state index in [0.29, 0.717) is 25.9 Å². The fourth-order valence-electron chi connectivity index (χ4n) is 8.35. The van der Waals surface area contributed by atoms with E-state index in [1.807, 2.05) is 82.1 Å². The average Bonchev–Trinajstić information content (AvgIpc) is 3.70. The third kappa shape index (κ3) is 12.8. The Balaban J connectivity index is 1.73. The molecule has 0 aliphatic carbocycles. The Bertz CT molecular complexity index is 1610. The maximum absolute atomic E-state index is 14.2. The van der Waals surface area contributed by atoms with Crippen molar-refractivity contribution < 1.29 is 38.2 Å². The zero-order valence-electron chi connectivity index (χ0n) is 36.5. The first-order chi connectivity index (χ1) is 27.6. The first kappa shape index (κ1) is 48.0. The van der Waals surface area contributed by atoms with Crippen LogP contribution in [0.15, 0.2) is 54.9 Å². The molecule has 14 nitrogen and oxygen atoms in total. The minimum Gasteiger partial charge on any atom is -0.467 e. The standard InChI is InChI=1S/C44H68N6O8/c1-12-29(4)39(49(8)43(54)31(6)46-42(53)38(28(2)3)48(7)27-33-20-22-45-23-21-33)36(56-9)26-37(51)50-24-16-19-35(50)40(57-10)30(5)41(52)47-34(44(55)58-11)25-32-17-14-13-15-18-32/h13-15,17-18,20-23,28-31,34-36,38-40H,12,16,19,24-27H2,1-11H3,(H,46,53)(H,47,52). The topological polar surface area (TPSA) is 160 Å². The summed E-state index contributed by atoms with van der Waals surface area (Å²) in [5.41, 5.74) is 1.90. The van der Waals surface area contributed by atoms with Gasteiger partial charge >= 0.3 is 5.97 Å². The van der Waals surface area contributed by atoms with Gasteiger partial charge in [0.15, 0.2) is 0 Å². The number of hydrogen-bond donors (Lipinski definition) is 2. The van der Waals surface area contributed by atoms with Gasteiger partial charge in [-0.05, 0) is 61.9 Å². The van der Waals surface area contributed by atoms with Crippen LogP contribution in [0.3, 0.4) is 0 Å². The van der Waals surface area contributed by atoms with E-state index in [-0.39, 0.29) is 48.3 Å². The summed E-state index contributed by atoms with van der Waals surface area (Å²) in [5.74, 6) is -2.42. The van der Waals surface area contributed by atoms with Gasteiger partial charge in [-0.15, -0.1) is 0 Å². The molecule has 322 valence electrons. The minimum atomic E-state index is -0.896. The van der Waals surface area contributed by atoms with Crippen molar-refractivity contribution in [3.63, 3.8) is 0 Å². The number of methoxy groups -OCH3 is 3. The van der Waals surface area contributed by atoms with Crippen molar-refractivity contribution in [3.05, 3.63) is 66.0 Å². The predicted molar refractivity (Wildman–Crippen MR) is 222 cm³/mol. The monoisotopic (exact) mass is 809 g/mol. The highest BCUT2D eigenvalue weighted by atomic mass is 16.5. The highest BCUT2D eigenvalue weighted by molar-refractivity contribution is 5.90. The van der Waals surface area contributed by atoms with Crippen molar-refractivity contribution in [2.45, 2.75) is 123 Å². The Labute approximate surface area is 345 Å². The number of pyridine rings is 1. The summed E-state index contributed by atoms with van der Waals surface area (Å²) >= 11 is 0. The average molecular weight is 809 g/mol. The third-order valence-corrected chi connectivity index (χ3v) is 11.6. The molecule has 2 N–H and O–H groups in total. The number of likely N-dealkylation sites (tertiary alicyclic amines) is 1. The molecule has 14 heteroatoms. The molecule has 0 saturated carbocycles. The van der Waals surface area contributed by atoms with E-state index in [1.54, 1.807) is 50.2 Å². The van der Waals surface area contributed by atoms with E-state index < -0.39 is 54.3 Å². The number of carbonyl (C=O) groups excluding carboxylic acids is 5. The SMILES string of the molecule is CCC(C)C(C(CC(=O)N1CCCC1C(OC)C(C)C(=O)NC(Cc1ccccc1)C(=O)OC)OC)N(C)C(=O)C(C)NC(=O)C(C(C)C)N(C)Cc1ccncc1. The van der Waals surface area contributed by atoms with E-state index in [2.05, 4.69) is 15.6 Å². The molecule has 9 unspecified atom stereocenters. The molecule has 1 aliphatic heterocycles. The molecule has 58 heavy (non-hydrogen) atoms. The zero-order chi connectivity index (χ0) is 43.1. The number of esters is 1. The lowest BCUT2D eigenvalue weighted by molar-refractivity contribution is -0.148. The van der Waals surface area contributed by atoms with Crippen LogP contribution < -0.4 is 10.6 Å². The summed E-state index contributed by atoms with van der Waals surface area (Å²) in [7, 11) is 7.95. The Morgan fingerprint density at radius 1 is 0.879 bits per heavy atom. The molecule has 1 aromatic heterocycles. The number of hydrogen-bond acceptors (Lipinski definition) is 10. The van der Waals surface area contributed by atoms with Crippen molar-refractivity contribution in [3.8, 4) is 0 Å². The normalized spacial score (nSPS) is 18.4. The van der Waals surface area contributed by atoms with Crippen molar-refractivity contribution in [2.75, 3.05) is 42.0 Å². The Morgan fingerprint density at radius 2 is 1.53 bits per heavy atom. The largest absolute Gasteiger partial charge is 0.467 e. The van der Waals surface area contributed by atoms with Crippen LogP contribution in [0.1, 0.15) is 78.4 Å². The Kier molecular flexibility index (Phi) is 19.2. The minimum absolute atomic E-state index is 0.00586. The number of carbonyl (C=O) groups is 5. The molecule has 0 bridgehead atoms. The lowest BCUT2D eigenvalue weighted by Gasteiger charge is -2.40. The van der Waals surface area contributed by atoms with Gasteiger partial charge in [-0.25, -0.2) is 4.79 Å². The lowest BCUT2D eigenvalue weighted by atomic mass is 9.90. The summed E-state index contributed by atoms with van der Waals surface area (Å²) in [6.45, 7) is 12.5. The van der Waals surface area contributed by atoms with Crippen molar-refractivity contribution in [1.29, 1.82) is 0 Å². The number of rotatable bonds is 22. The second-order valence-corrected chi connectivity index (χ2v) is 16.1.